The van der Waals surface area contributed by atoms with Crippen LogP contribution in [0.1, 0.15) is 25.3 Å². The van der Waals surface area contributed by atoms with E-state index in [4.69, 9.17) is 4.74 Å². The number of aromatic nitrogens is 4. The Bertz CT molecular complexity index is 319. The van der Waals surface area contributed by atoms with Gasteiger partial charge in [0.2, 0.25) is 5.95 Å². The summed E-state index contributed by atoms with van der Waals surface area (Å²) in [4.78, 5) is 0. The number of hydrogen-bond acceptors (Lipinski definition) is 5. The zero-order chi connectivity index (χ0) is 9.38. The predicted octanol–water partition coefficient (Wildman–Crippen LogP) is 0.209. The van der Waals surface area contributed by atoms with Crippen LogP contribution in [0.15, 0.2) is 0 Å². The molecule has 0 aromatic carbocycles. The molecular formula is C8H13N5O. The molecule has 1 fully saturated rings. The molecule has 1 N–H and O–H groups in total. The van der Waals surface area contributed by atoms with Gasteiger partial charge in [0.15, 0.2) is 0 Å². The molecule has 0 saturated carbocycles. The third-order valence-electron chi connectivity index (χ3n) is 2.92. The van der Waals surface area contributed by atoms with E-state index in [1.165, 1.54) is 0 Å². The Morgan fingerprint density at radius 2 is 2.43 bits per heavy atom. The van der Waals surface area contributed by atoms with E-state index < -0.39 is 0 Å². The van der Waals surface area contributed by atoms with E-state index in [0.717, 1.165) is 38.4 Å². The fourth-order valence-electron chi connectivity index (χ4n) is 2.24. The van der Waals surface area contributed by atoms with E-state index in [1.54, 1.807) is 0 Å². The van der Waals surface area contributed by atoms with Gasteiger partial charge in [-0.1, -0.05) is 5.10 Å². The van der Waals surface area contributed by atoms with Crippen molar-refractivity contribution in [1.82, 2.24) is 20.2 Å². The van der Waals surface area contributed by atoms with Crippen LogP contribution in [0.5, 0.6) is 0 Å². The lowest BCUT2D eigenvalue weighted by atomic mass is 10.0. The van der Waals surface area contributed by atoms with Crippen LogP contribution in [0, 0.1) is 0 Å². The van der Waals surface area contributed by atoms with Crippen molar-refractivity contribution in [1.29, 1.82) is 0 Å². The summed E-state index contributed by atoms with van der Waals surface area (Å²) in [6, 6.07) is 0.323. The minimum Gasteiger partial charge on any atom is -0.376 e. The molecule has 3 heterocycles. The normalized spacial score (nSPS) is 31.1. The molecule has 2 atom stereocenters. The number of tetrazole rings is 1. The average molecular weight is 195 g/mol. The fraction of sp³-hybridized carbons (Fsp3) is 0.875. The molecule has 0 amide bonds. The molecule has 6 nitrogen and oxygen atoms in total. The molecule has 2 aliphatic heterocycles. The average Bonchev–Trinajstić information content (AvgIpc) is 2.88. The minimum atomic E-state index is 0.305. The summed E-state index contributed by atoms with van der Waals surface area (Å²) in [7, 11) is 0. The van der Waals surface area contributed by atoms with Crippen molar-refractivity contribution in [3.05, 3.63) is 0 Å². The summed E-state index contributed by atoms with van der Waals surface area (Å²) in [6.07, 6.45) is 3.64. The van der Waals surface area contributed by atoms with Gasteiger partial charge in [0.1, 0.15) is 0 Å². The molecule has 0 spiro atoms. The van der Waals surface area contributed by atoms with Crippen LogP contribution in [-0.4, -0.2) is 39.5 Å². The van der Waals surface area contributed by atoms with Crippen molar-refractivity contribution in [2.24, 2.45) is 0 Å². The van der Waals surface area contributed by atoms with Crippen molar-refractivity contribution in [2.45, 2.75) is 31.4 Å². The van der Waals surface area contributed by atoms with Gasteiger partial charge in [0.25, 0.3) is 0 Å². The number of hydrogen-bond donors (Lipinski definition) is 1. The monoisotopic (exact) mass is 195 g/mol. The molecule has 0 radical (unpaired) electrons. The summed E-state index contributed by atoms with van der Waals surface area (Å²) in [5.41, 5.74) is 0. The van der Waals surface area contributed by atoms with Gasteiger partial charge < -0.3 is 10.1 Å². The van der Waals surface area contributed by atoms with E-state index in [2.05, 4.69) is 20.8 Å². The Kier molecular flexibility index (Phi) is 1.86. The Morgan fingerprint density at radius 1 is 1.43 bits per heavy atom. The second-order valence-electron chi connectivity index (χ2n) is 3.78. The van der Waals surface area contributed by atoms with Gasteiger partial charge in [-0.25, -0.2) is 4.68 Å². The van der Waals surface area contributed by atoms with Gasteiger partial charge >= 0.3 is 0 Å². The largest absolute Gasteiger partial charge is 0.376 e. The first-order valence-electron chi connectivity index (χ1n) is 5.08. The smallest absolute Gasteiger partial charge is 0.243 e. The van der Waals surface area contributed by atoms with Crippen molar-refractivity contribution < 1.29 is 4.74 Å². The van der Waals surface area contributed by atoms with Crippen LogP contribution < -0.4 is 5.32 Å². The van der Waals surface area contributed by atoms with Crippen LogP contribution in [-0.2, 0) is 4.74 Å². The maximum atomic E-state index is 5.67. The first-order chi connectivity index (χ1) is 6.95. The molecular weight excluding hydrogens is 182 g/mol. The lowest BCUT2D eigenvalue weighted by Crippen LogP contribution is -2.32. The highest BCUT2D eigenvalue weighted by atomic mass is 16.5. The first kappa shape index (κ1) is 8.16. The third kappa shape index (κ3) is 1.18. The van der Waals surface area contributed by atoms with E-state index in [9.17, 15) is 0 Å². The predicted molar refractivity (Wildman–Crippen MR) is 48.9 cm³/mol. The first-order valence-corrected chi connectivity index (χ1v) is 5.08. The van der Waals surface area contributed by atoms with Gasteiger partial charge in [-0.3, -0.25) is 0 Å². The molecule has 1 aromatic heterocycles. The topological polar surface area (TPSA) is 64.9 Å². The zero-order valence-corrected chi connectivity index (χ0v) is 7.89. The standard InChI is InChI=1S/C8H13N5O/c1-2-7(14-5-1)6-3-4-9-8-10-11-12-13(6)8/h6-7H,1-5H2,(H,9,10,12). The molecule has 1 aromatic rings. The summed E-state index contributed by atoms with van der Waals surface area (Å²) in [5.74, 6) is 0.775. The number of nitrogens with zero attached hydrogens (tertiary/aromatic N) is 4. The molecule has 2 aliphatic rings. The molecule has 1 saturated heterocycles. The Labute approximate surface area is 81.6 Å². The Morgan fingerprint density at radius 3 is 3.29 bits per heavy atom. The maximum absolute atomic E-state index is 5.67. The van der Waals surface area contributed by atoms with E-state index in [0.29, 0.717) is 12.1 Å². The highest BCUT2D eigenvalue weighted by molar-refractivity contribution is 5.24. The summed E-state index contributed by atoms with van der Waals surface area (Å²) < 4.78 is 7.54. The van der Waals surface area contributed by atoms with Gasteiger partial charge in [0.05, 0.1) is 12.1 Å². The van der Waals surface area contributed by atoms with E-state index >= 15 is 0 Å². The highest BCUT2D eigenvalue weighted by Gasteiger charge is 2.32. The van der Waals surface area contributed by atoms with Gasteiger partial charge in [-0.2, -0.15) is 0 Å². The minimum absolute atomic E-state index is 0.305. The maximum Gasteiger partial charge on any atom is 0.243 e. The van der Waals surface area contributed by atoms with Gasteiger partial charge in [0, 0.05) is 13.2 Å². The number of fused-ring (bicyclic) bond motifs is 1. The number of nitrogens with one attached hydrogen (secondary N) is 1. The fourth-order valence-corrected chi connectivity index (χ4v) is 2.24. The number of ether oxygens (including phenoxy) is 1. The lowest BCUT2D eigenvalue weighted by molar-refractivity contribution is 0.0584. The van der Waals surface area contributed by atoms with Gasteiger partial charge in [-0.05, 0) is 29.7 Å². The van der Waals surface area contributed by atoms with Gasteiger partial charge in [-0.15, -0.1) is 0 Å². The molecule has 6 heteroatoms. The van der Waals surface area contributed by atoms with Crippen LogP contribution in [0.3, 0.4) is 0 Å². The van der Waals surface area contributed by atoms with Crippen LogP contribution >= 0.6 is 0 Å². The SMILES string of the molecule is C1COC(C2CCNc3nnnn32)C1. The highest BCUT2D eigenvalue weighted by Crippen LogP contribution is 2.30. The number of rotatable bonds is 1. The van der Waals surface area contributed by atoms with Crippen LogP contribution in [0.4, 0.5) is 5.95 Å². The molecule has 76 valence electrons. The second kappa shape index (κ2) is 3.20. The third-order valence-corrected chi connectivity index (χ3v) is 2.92. The molecule has 3 rings (SSSR count). The number of anilines is 1. The van der Waals surface area contributed by atoms with Crippen LogP contribution in [0.25, 0.3) is 0 Å². The molecule has 2 unspecified atom stereocenters. The second-order valence-corrected chi connectivity index (χ2v) is 3.78. The van der Waals surface area contributed by atoms with E-state index in [1.807, 2.05) is 4.68 Å². The lowest BCUT2D eigenvalue weighted by Gasteiger charge is -2.27. The van der Waals surface area contributed by atoms with Crippen molar-refractivity contribution in [3.63, 3.8) is 0 Å². The Balaban J connectivity index is 1.88. The molecule has 0 bridgehead atoms. The van der Waals surface area contributed by atoms with E-state index in [-0.39, 0.29) is 0 Å². The van der Waals surface area contributed by atoms with Crippen molar-refractivity contribution >= 4 is 5.95 Å². The molecule has 14 heavy (non-hydrogen) atoms. The molecule has 0 aliphatic carbocycles. The summed E-state index contributed by atoms with van der Waals surface area (Å²) in [5, 5.41) is 14.7. The summed E-state index contributed by atoms with van der Waals surface area (Å²) in [6.45, 7) is 1.82. The Hall–Kier alpha value is -1.17. The van der Waals surface area contributed by atoms with Crippen molar-refractivity contribution in [2.75, 3.05) is 18.5 Å². The van der Waals surface area contributed by atoms with Crippen LogP contribution in [0.2, 0.25) is 0 Å². The van der Waals surface area contributed by atoms with Crippen molar-refractivity contribution in [3.8, 4) is 0 Å². The summed E-state index contributed by atoms with van der Waals surface area (Å²) >= 11 is 0. The quantitative estimate of drug-likeness (QED) is 0.694. The zero-order valence-electron chi connectivity index (χ0n) is 7.89.